The average molecular weight is 230 g/mol. The summed E-state index contributed by atoms with van der Waals surface area (Å²) in [6.45, 7) is 1.51. The van der Waals surface area contributed by atoms with Gasteiger partial charge in [0.2, 0.25) is 0 Å². The summed E-state index contributed by atoms with van der Waals surface area (Å²) in [5.41, 5.74) is 0.548. The van der Waals surface area contributed by atoms with Crippen LogP contribution in [0.4, 0.5) is 0 Å². The van der Waals surface area contributed by atoms with Crippen LogP contribution < -0.4 is 10.0 Å². The van der Waals surface area contributed by atoms with Gasteiger partial charge in [-0.05, 0) is 0 Å². The minimum absolute atomic E-state index is 0.129. The van der Waals surface area contributed by atoms with E-state index in [0.29, 0.717) is 18.8 Å². The van der Waals surface area contributed by atoms with Gasteiger partial charge in [0.1, 0.15) is 18.1 Å². The van der Waals surface area contributed by atoms with Gasteiger partial charge in [-0.25, -0.2) is 4.98 Å². The van der Waals surface area contributed by atoms with Crippen molar-refractivity contribution in [3.63, 3.8) is 0 Å². The molecule has 0 saturated heterocycles. The lowest BCUT2D eigenvalue weighted by Gasteiger charge is -2.09. The lowest BCUT2D eigenvalue weighted by Crippen LogP contribution is -3.08. The van der Waals surface area contributed by atoms with E-state index in [1.165, 1.54) is 11.3 Å². The molecule has 84 valence electrons. The van der Waals surface area contributed by atoms with Crippen molar-refractivity contribution in [3.8, 4) is 0 Å². The Balaban J connectivity index is 2.48. The van der Waals surface area contributed by atoms with Crippen LogP contribution in [0.5, 0.6) is 0 Å². The topological polar surface area (TPSA) is 77.7 Å². The number of hydrogen-bond donors (Lipinski definition) is 2. The van der Waals surface area contributed by atoms with E-state index < -0.39 is 5.97 Å². The smallest absolute Gasteiger partial charge is 0.147 e. The van der Waals surface area contributed by atoms with Gasteiger partial charge in [0.25, 0.3) is 0 Å². The summed E-state index contributed by atoms with van der Waals surface area (Å²) in [5.74, 6) is -1.11. The number of aliphatic carboxylic acids is 1. The minimum Gasteiger partial charge on any atom is -0.550 e. The van der Waals surface area contributed by atoms with Gasteiger partial charge in [0, 0.05) is 17.8 Å². The molecule has 0 aliphatic heterocycles. The van der Waals surface area contributed by atoms with E-state index in [-0.39, 0.29) is 13.0 Å². The van der Waals surface area contributed by atoms with E-state index in [4.69, 9.17) is 5.11 Å². The summed E-state index contributed by atoms with van der Waals surface area (Å²) in [7, 11) is 1.95. The second-order valence-corrected chi connectivity index (χ2v) is 4.33. The van der Waals surface area contributed by atoms with Gasteiger partial charge in [0.05, 0.1) is 19.3 Å². The number of thiazole rings is 1. The first-order chi connectivity index (χ1) is 7.11. The van der Waals surface area contributed by atoms with Gasteiger partial charge in [-0.1, -0.05) is 0 Å². The highest BCUT2D eigenvalue weighted by atomic mass is 32.1. The van der Waals surface area contributed by atoms with Gasteiger partial charge < -0.3 is 19.9 Å². The van der Waals surface area contributed by atoms with Gasteiger partial charge >= 0.3 is 0 Å². The first kappa shape index (κ1) is 12.1. The van der Waals surface area contributed by atoms with Crippen LogP contribution >= 0.6 is 11.3 Å². The van der Waals surface area contributed by atoms with Crippen LogP contribution in [0.25, 0.3) is 0 Å². The number of hydrogen-bond acceptors (Lipinski definition) is 5. The summed E-state index contributed by atoms with van der Waals surface area (Å²) in [4.78, 5) is 15.6. The fourth-order valence-electron chi connectivity index (χ4n) is 1.20. The molecule has 1 heterocycles. The molecular weight excluding hydrogens is 216 g/mol. The molecule has 0 radical (unpaired) electrons. The predicted octanol–water partition coefficient (Wildman–Crippen LogP) is -2.56. The number of nitrogens with zero attached hydrogens (tertiary/aromatic N) is 1. The molecule has 0 aromatic carbocycles. The van der Waals surface area contributed by atoms with Crippen LogP contribution in [0, 0.1) is 0 Å². The van der Waals surface area contributed by atoms with Gasteiger partial charge in [-0.2, -0.15) is 0 Å². The van der Waals surface area contributed by atoms with Crippen LogP contribution in [0.15, 0.2) is 5.38 Å². The standard InChI is InChI=1S/C9H14N2O3S/c1-11(2-3-12)5-8-10-7(6-15-8)4-9(13)14/h6,12H,2-5H2,1H3,(H,13,14). The largest absolute Gasteiger partial charge is 0.550 e. The van der Waals surface area contributed by atoms with E-state index >= 15 is 0 Å². The number of aromatic nitrogens is 1. The maximum Gasteiger partial charge on any atom is 0.147 e. The first-order valence-electron chi connectivity index (χ1n) is 4.67. The summed E-state index contributed by atoms with van der Waals surface area (Å²) in [6.07, 6.45) is -0.129. The number of likely N-dealkylation sites (N-methyl/N-ethyl adjacent to an activating group) is 1. The number of carbonyl (C=O) groups is 1. The summed E-state index contributed by atoms with van der Waals surface area (Å²) in [5, 5.41) is 21.7. The lowest BCUT2D eigenvalue weighted by atomic mass is 10.3. The van der Waals surface area contributed by atoms with Crippen molar-refractivity contribution in [3.05, 3.63) is 16.1 Å². The Kier molecular flexibility index (Phi) is 4.67. The molecule has 0 bridgehead atoms. The van der Waals surface area contributed by atoms with E-state index in [9.17, 15) is 9.90 Å². The third kappa shape index (κ3) is 4.37. The summed E-state index contributed by atoms with van der Waals surface area (Å²) in [6, 6.07) is 0. The Morgan fingerprint density at radius 2 is 2.47 bits per heavy atom. The fourth-order valence-corrected chi connectivity index (χ4v) is 2.10. The maximum atomic E-state index is 10.3. The number of aliphatic hydroxyl groups is 1. The number of carboxylic acids is 1. The second kappa shape index (κ2) is 5.79. The normalized spacial score (nSPS) is 12.7. The molecule has 0 aliphatic rings. The maximum absolute atomic E-state index is 10.3. The minimum atomic E-state index is -1.11. The Bertz CT molecular complexity index is 327. The van der Waals surface area contributed by atoms with Crippen LogP contribution in [-0.2, 0) is 17.8 Å². The molecule has 1 unspecified atom stereocenters. The SMILES string of the molecule is C[NH+](CCO)Cc1nc(CC(=O)[O-])cs1. The van der Waals surface area contributed by atoms with E-state index in [1.54, 1.807) is 5.38 Å². The van der Waals surface area contributed by atoms with Crippen molar-refractivity contribution in [2.45, 2.75) is 13.0 Å². The van der Waals surface area contributed by atoms with Crippen LogP contribution in [0.1, 0.15) is 10.7 Å². The Morgan fingerprint density at radius 1 is 1.73 bits per heavy atom. The zero-order valence-electron chi connectivity index (χ0n) is 8.52. The molecule has 2 N–H and O–H groups in total. The molecule has 15 heavy (non-hydrogen) atoms. The second-order valence-electron chi connectivity index (χ2n) is 3.39. The summed E-state index contributed by atoms with van der Waals surface area (Å²) < 4.78 is 0. The number of carboxylic acid groups (broad SMARTS) is 1. The van der Waals surface area contributed by atoms with Gasteiger partial charge in [-0.3, -0.25) is 0 Å². The molecule has 0 amide bonds. The van der Waals surface area contributed by atoms with E-state index in [2.05, 4.69) is 4.98 Å². The van der Waals surface area contributed by atoms with Crippen molar-refractivity contribution in [2.24, 2.45) is 0 Å². The highest BCUT2D eigenvalue weighted by molar-refractivity contribution is 7.09. The van der Waals surface area contributed by atoms with Crippen LogP contribution in [-0.4, -0.2) is 36.3 Å². The molecule has 1 aromatic heterocycles. The molecule has 1 rings (SSSR count). The molecule has 0 spiro atoms. The number of rotatable bonds is 6. The Labute approximate surface area is 92.0 Å². The van der Waals surface area contributed by atoms with Crippen molar-refractivity contribution < 1.29 is 19.9 Å². The number of quaternary nitrogens is 1. The molecule has 0 fully saturated rings. The first-order valence-corrected chi connectivity index (χ1v) is 5.55. The molecule has 1 atom stereocenters. The zero-order chi connectivity index (χ0) is 11.3. The van der Waals surface area contributed by atoms with Crippen molar-refractivity contribution >= 4 is 17.3 Å². The molecular formula is C9H14N2O3S. The molecule has 5 nitrogen and oxygen atoms in total. The van der Waals surface area contributed by atoms with E-state index in [1.807, 2.05) is 7.05 Å². The van der Waals surface area contributed by atoms with Crippen molar-refractivity contribution in [1.82, 2.24) is 4.98 Å². The van der Waals surface area contributed by atoms with Gasteiger partial charge in [0.15, 0.2) is 0 Å². The van der Waals surface area contributed by atoms with Crippen LogP contribution in [0.3, 0.4) is 0 Å². The number of carbonyl (C=O) groups excluding carboxylic acids is 1. The number of aliphatic hydroxyl groups excluding tert-OH is 1. The Hall–Kier alpha value is -0.980. The van der Waals surface area contributed by atoms with Crippen molar-refractivity contribution in [1.29, 1.82) is 0 Å². The fraction of sp³-hybridized carbons (Fsp3) is 0.556. The average Bonchev–Trinajstić information content (AvgIpc) is 2.51. The third-order valence-corrected chi connectivity index (χ3v) is 2.81. The van der Waals surface area contributed by atoms with Crippen molar-refractivity contribution in [2.75, 3.05) is 20.2 Å². The quantitative estimate of drug-likeness (QED) is 0.564. The number of nitrogens with one attached hydrogen (secondary N) is 1. The van der Waals surface area contributed by atoms with Gasteiger partial charge in [-0.15, -0.1) is 11.3 Å². The lowest BCUT2D eigenvalue weighted by molar-refractivity contribution is -0.894. The highest BCUT2D eigenvalue weighted by Gasteiger charge is 2.07. The molecule has 1 aromatic rings. The summed E-state index contributed by atoms with van der Waals surface area (Å²) >= 11 is 1.44. The third-order valence-electron chi connectivity index (χ3n) is 1.92. The molecule has 0 saturated carbocycles. The Morgan fingerprint density at radius 3 is 3.07 bits per heavy atom. The van der Waals surface area contributed by atoms with Crippen LogP contribution in [0.2, 0.25) is 0 Å². The molecule has 0 aliphatic carbocycles. The molecule has 6 heteroatoms. The highest BCUT2D eigenvalue weighted by Crippen LogP contribution is 2.08. The predicted molar refractivity (Wildman–Crippen MR) is 53.4 cm³/mol. The monoisotopic (exact) mass is 230 g/mol. The zero-order valence-corrected chi connectivity index (χ0v) is 9.34. The van der Waals surface area contributed by atoms with E-state index in [0.717, 1.165) is 9.91 Å².